The molecule has 8 heteroatoms. The fourth-order valence-electron chi connectivity index (χ4n) is 1.95. The molecule has 1 aliphatic rings. The lowest BCUT2D eigenvalue weighted by atomic mass is 10.2. The molecule has 0 spiro atoms. The van der Waals surface area contributed by atoms with E-state index in [-0.39, 0.29) is 12.6 Å². The third-order valence-electron chi connectivity index (χ3n) is 2.96. The van der Waals surface area contributed by atoms with E-state index in [1.165, 1.54) is 4.90 Å². The number of hydrogen-bond acceptors (Lipinski definition) is 5. The molecule has 0 aromatic carbocycles. The summed E-state index contributed by atoms with van der Waals surface area (Å²) in [5.74, 6) is -1.05. The van der Waals surface area contributed by atoms with Crippen molar-refractivity contribution >= 4 is 23.3 Å². The number of urea groups is 1. The fraction of sp³-hybridized carbons (Fsp3) is 0.583. The maximum Gasteiger partial charge on any atom is 0.328 e. The maximum atomic E-state index is 12.0. The van der Waals surface area contributed by atoms with Gasteiger partial charge < -0.3 is 20.1 Å². The van der Waals surface area contributed by atoms with Crippen molar-refractivity contribution in [1.29, 1.82) is 0 Å². The summed E-state index contributed by atoms with van der Waals surface area (Å²) >= 11 is 1.55. The normalized spacial score (nSPS) is 18.9. The molecular formula is C12H17N3O4S. The van der Waals surface area contributed by atoms with Crippen molar-refractivity contribution in [1.82, 2.24) is 15.2 Å². The molecule has 1 saturated heterocycles. The number of carbonyl (C=O) groups is 2. The topological polar surface area (TPSA) is 91.8 Å². The van der Waals surface area contributed by atoms with Crippen LogP contribution in [0, 0.1) is 6.92 Å². The summed E-state index contributed by atoms with van der Waals surface area (Å²) in [6, 6.07) is -1.28. The number of carboxylic acid groups (broad SMARTS) is 1. The van der Waals surface area contributed by atoms with E-state index in [0.29, 0.717) is 26.1 Å². The van der Waals surface area contributed by atoms with Crippen LogP contribution in [0.2, 0.25) is 0 Å². The van der Waals surface area contributed by atoms with Crippen molar-refractivity contribution in [3.8, 4) is 0 Å². The molecule has 0 aliphatic carbocycles. The van der Waals surface area contributed by atoms with Crippen LogP contribution in [0.4, 0.5) is 4.79 Å². The molecule has 0 radical (unpaired) electrons. The number of aryl methyl sites for hydroxylation is 1. The fourth-order valence-corrected chi connectivity index (χ4v) is 2.72. The van der Waals surface area contributed by atoms with Gasteiger partial charge in [0.1, 0.15) is 0 Å². The van der Waals surface area contributed by atoms with Gasteiger partial charge in [0, 0.05) is 30.6 Å². The summed E-state index contributed by atoms with van der Waals surface area (Å²) in [4.78, 5) is 28.7. The van der Waals surface area contributed by atoms with E-state index in [9.17, 15) is 9.59 Å². The van der Waals surface area contributed by atoms with Crippen LogP contribution >= 0.6 is 11.3 Å². The Labute approximate surface area is 120 Å². The van der Waals surface area contributed by atoms with E-state index in [0.717, 1.165) is 10.7 Å². The van der Waals surface area contributed by atoms with E-state index in [1.807, 2.05) is 12.3 Å². The minimum absolute atomic E-state index is 0.0361. The number of morpholine rings is 1. The number of aromatic nitrogens is 1. The summed E-state index contributed by atoms with van der Waals surface area (Å²) in [5, 5.41) is 14.7. The molecule has 0 saturated carbocycles. The highest BCUT2D eigenvalue weighted by molar-refractivity contribution is 7.09. The van der Waals surface area contributed by atoms with Crippen LogP contribution in [0.5, 0.6) is 0 Å². The molecule has 0 bridgehead atoms. The van der Waals surface area contributed by atoms with Gasteiger partial charge in [-0.2, -0.15) is 0 Å². The van der Waals surface area contributed by atoms with E-state index >= 15 is 0 Å². The first-order valence-corrected chi connectivity index (χ1v) is 7.22. The Hall–Kier alpha value is -1.67. The van der Waals surface area contributed by atoms with Crippen molar-refractivity contribution in [2.75, 3.05) is 26.3 Å². The molecule has 7 nitrogen and oxygen atoms in total. The number of carbonyl (C=O) groups excluding carboxylic acids is 1. The molecular weight excluding hydrogens is 282 g/mol. The highest BCUT2D eigenvalue weighted by atomic mass is 32.1. The van der Waals surface area contributed by atoms with E-state index in [2.05, 4.69) is 10.3 Å². The molecule has 2 rings (SSSR count). The number of thiazole rings is 1. The molecule has 1 unspecified atom stereocenters. The molecule has 1 aromatic heterocycles. The van der Waals surface area contributed by atoms with Gasteiger partial charge in [0.15, 0.2) is 6.04 Å². The Morgan fingerprint density at radius 1 is 1.65 bits per heavy atom. The van der Waals surface area contributed by atoms with Crippen molar-refractivity contribution in [2.45, 2.75) is 19.4 Å². The van der Waals surface area contributed by atoms with Crippen molar-refractivity contribution < 1.29 is 19.4 Å². The van der Waals surface area contributed by atoms with E-state index in [4.69, 9.17) is 9.84 Å². The largest absolute Gasteiger partial charge is 0.480 e. The standard InChI is InChI=1S/C12H17N3O4S/c1-8-7-20-10(14-8)2-3-13-12(18)15-4-5-19-6-9(15)11(16)17/h7,9H,2-6H2,1H3,(H,13,18)(H,16,17). The molecule has 1 aromatic rings. The first kappa shape index (κ1) is 14.7. The van der Waals surface area contributed by atoms with Crippen LogP contribution in [0.15, 0.2) is 5.38 Å². The average molecular weight is 299 g/mol. The summed E-state index contributed by atoms with van der Waals surface area (Å²) < 4.78 is 5.09. The Balaban J connectivity index is 1.82. The second-order valence-electron chi connectivity index (χ2n) is 4.49. The molecule has 2 N–H and O–H groups in total. The highest BCUT2D eigenvalue weighted by Gasteiger charge is 2.32. The third kappa shape index (κ3) is 3.67. The minimum Gasteiger partial charge on any atom is -0.480 e. The van der Waals surface area contributed by atoms with Gasteiger partial charge in [-0.05, 0) is 6.92 Å². The van der Waals surface area contributed by atoms with Gasteiger partial charge >= 0.3 is 12.0 Å². The van der Waals surface area contributed by atoms with Crippen LogP contribution in [0.25, 0.3) is 0 Å². The maximum absolute atomic E-state index is 12.0. The summed E-state index contributed by atoms with van der Waals surface area (Å²) in [6.07, 6.45) is 0.645. The summed E-state index contributed by atoms with van der Waals surface area (Å²) in [7, 11) is 0. The lowest BCUT2D eigenvalue weighted by Gasteiger charge is -2.32. The van der Waals surface area contributed by atoms with Crippen LogP contribution in [0.1, 0.15) is 10.7 Å². The zero-order chi connectivity index (χ0) is 14.5. The zero-order valence-corrected chi connectivity index (χ0v) is 12.0. The number of ether oxygens (including phenoxy) is 1. The van der Waals surface area contributed by atoms with Crippen LogP contribution < -0.4 is 5.32 Å². The van der Waals surface area contributed by atoms with Gasteiger partial charge in [-0.15, -0.1) is 11.3 Å². The molecule has 1 atom stereocenters. The van der Waals surface area contributed by atoms with Crippen LogP contribution in [-0.2, 0) is 16.0 Å². The predicted octanol–water partition coefficient (Wildman–Crippen LogP) is 0.489. The highest BCUT2D eigenvalue weighted by Crippen LogP contribution is 2.10. The number of nitrogens with one attached hydrogen (secondary N) is 1. The van der Waals surface area contributed by atoms with Gasteiger partial charge in [0.25, 0.3) is 0 Å². The first-order chi connectivity index (χ1) is 9.58. The van der Waals surface area contributed by atoms with Crippen LogP contribution in [-0.4, -0.2) is 59.3 Å². The quantitative estimate of drug-likeness (QED) is 0.844. The summed E-state index contributed by atoms with van der Waals surface area (Å²) in [5.41, 5.74) is 0.968. The number of carboxylic acids is 1. The van der Waals surface area contributed by atoms with E-state index < -0.39 is 12.0 Å². The molecule has 1 fully saturated rings. The number of nitrogens with zero attached hydrogens (tertiary/aromatic N) is 2. The van der Waals surface area contributed by atoms with Gasteiger partial charge in [-0.25, -0.2) is 14.6 Å². The van der Waals surface area contributed by atoms with Crippen LogP contribution in [0.3, 0.4) is 0 Å². The van der Waals surface area contributed by atoms with Gasteiger partial charge in [0.05, 0.1) is 18.2 Å². The van der Waals surface area contributed by atoms with Gasteiger partial charge in [-0.1, -0.05) is 0 Å². The number of rotatable bonds is 4. The number of aliphatic carboxylic acids is 1. The van der Waals surface area contributed by atoms with Crippen molar-refractivity contribution in [3.05, 3.63) is 16.1 Å². The number of amides is 2. The second kappa shape index (κ2) is 6.67. The van der Waals surface area contributed by atoms with Crippen molar-refractivity contribution in [3.63, 3.8) is 0 Å². The predicted molar refractivity (Wildman–Crippen MR) is 72.9 cm³/mol. The Bertz CT molecular complexity index is 491. The lowest BCUT2D eigenvalue weighted by molar-refractivity contribution is -0.147. The Kier molecular flexibility index (Phi) is 4.91. The monoisotopic (exact) mass is 299 g/mol. The molecule has 2 heterocycles. The second-order valence-corrected chi connectivity index (χ2v) is 5.43. The Morgan fingerprint density at radius 3 is 3.10 bits per heavy atom. The first-order valence-electron chi connectivity index (χ1n) is 6.34. The minimum atomic E-state index is -1.05. The molecule has 20 heavy (non-hydrogen) atoms. The van der Waals surface area contributed by atoms with Crippen molar-refractivity contribution in [2.24, 2.45) is 0 Å². The average Bonchev–Trinajstić information content (AvgIpc) is 2.84. The third-order valence-corrected chi connectivity index (χ3v) is 3.98. The van der Waals surface area contributed by atoms with Gasteiger partial charge in [-0.3, -0.25) is 0 Å². The number of hydrogen-bond donors (Lipinski definition) is 2. The smallest absolute Gasteiger partial charge is 0.328 e. The Morgan fingerprint density at radius 2 is 2.45 bits per heavy atom. The summed E-state index contributed by atoms with van der Waals surface area (Å²) in [6.45, 7) is 3.05. The molecule has 110 valence electrons. The molecule has 2 amide bonds. The SMILES string of the molecule is Cc1csc(CCNC(=O)N2CCOCC2C(=O)O)n1. The molecule has 1 aliphatic heterocycles. The lowest BCUT2D eigenvalue weighted by Crippen LogP contribution is -2.55. The van der Waals surface area contributed by atoms with E-state index in [1.54, 1.807) is 11.3 Å². The van der Waals surface area contributed by atoms with Gasteiger partial charge in [0.2, 0.25) is 0 Å². The zero-order valence-electron chi connectivity index (χ0n) is 11.2.